The Morgan fingerprint density at radius 2 is 2.08 bits per heavy atom. The van der Waals surface area contributed by atoms with Crippen LogP contribution in [0.4, 0.5) is 10.1 Å². The second-order valence-electron chi connectivity index (χ2n) is 10.3. The van der Waals surface area contributed by atoms with Crippen molar-refractivity contribution >= 4 is 11.6 Å². The molecule has 1 atom stereocenters. The van der Waals surface area contributed by atoms with Gasteiger partial charge in [0.1, 0.15) is 29.8 Å². The van der Waals surface area contributed by atoms with E-state index in [0.29, 0.717) is 63.0 Å². The number of amides is 1. The number of hydrogen-bond acceptors (Lipinski definition) is 7. The van der Waals surface area contributed by atoms with E-state index in [9.17, 15) is 9.18 Å². The molecule has 0 unspecified atom stereocenters. The van der Waals surface area contributed by atoms with Gasteiger partial charge in [0.25, 0.3) is 5.91 Å². The number of anilines is 1. The number of nitrogens with zero attached hydrogens (tertiary/aromatic N) is 6. The fourth-order valence-corrected chi connectivity index (χ4v) is 5.01. The average molecular weight is 492 g/mol. The molecule has 1 N–H and O–H groups in total. The van der Waals surface area contributed by atoms with Gasteiger partial charge < -0.3 is 14.6 Å². The van der Waals surface area contributed by atoms with Gasteiger partial charge in [-0.2, -0.15) is 0 Å². The van der Waals surface area contributed by atoms with E-state index in [2.05, 4.69) is 26.6 Å². The number of likely N-dealkylation sites (tertiary alicyclic amines) is 1. The number of benzene rings is 1. The molecule has 0 spiro atoms. The van der Waals surface area contributed by atoms with Gasteiger partial charge >= 0.3 is 0 Å². The fraction of sp³-hybridized carbons (Fsp3) is 0.500. The van der Waals surface area contributed by atoms with Gasteiger partial charge in [0.05, 0.1) is 18.9 Å². The summed E-state index contributed by atoms with van der Waals surface area (Å²) in [6, 6.07) is 9.64. The first-order valence-electron chi connectivity index (χ1n) is 12.5. The van der Waals surface area contributed by atoms with Crippen molar-refractivity contribution < 1.29 is 13.9 Å². The molecule has 4 heterocycles. The van der Waals surface area contributed by atoms with Gasteiger partial charge in [-0.05, 0) is 43.0 Å². The highest BCUT2D eigenvalue weighted by molar-refractivity contribution is 6.03. The number of aromatic nitrogens is 5. The van der Waals surface area contributed by atoms with Gasteiger partial charge in [-0.1, -0.05) is 12.1 Å². The second-order valence-corrected chi connectivity index (χ2v) is 10.3. The van der Waals surface area contributed by atoms with E-state index in [1.165, 1.54) is 0 Å². The number of rotatable bonds is 8. The van der Waals surface area contributed by atoms with Crippen LogP contribution in [-0.2, 0) is 30.2 Å². The van der Waals surface area contributed by atoms with Crippen molar-refractivity contribution in [3.63, 3.8) is 0 Å². The Balaban J connectivity index is 1.21. The molecule has 0 bridgehead atoms. The zero-order chi connectivity index (χ0) is 24.7. The number of ether oxygens (including phenoxy) is 1. The summed E-state index contributed by atoms with van der Waals surface area (Å²) in [6.45, 7) is 2.83. The molecule has 1 aliphatic carbocycles. The Bertz CT molecular complexity index is 1270. The predicted molar refractivity (Wildman–Crippen MR) is 130 cm³/mol. The Hall–Kier alpha value is -3.24. The van der Waals surface area contributed by atoms with Crippen LogP contribution in [0, 0.1) is 0 Å². The third-order valence-corrected chi connectivity index (χ3v) is 7.36. The number of aryl methyl sites for hydroxylation is 1. The van der Waals surface area contributed by atoms with Crippen LogP contribution in [0.1, 0.15) is 58.6 Å². The molecule has 3 aromatic rings. The minimum atomic E-state index is -0.789. The summed E-state index contributed by atoms with van der Waals surface area (Å²) in [5, 5.41) is 11.3. The van der Waals surface area contributed by atoms with Gasteiger partial charge in [0.2, 0.25) is 0 Å². The normalized spacial score (nSPS) is 21.3. The molecular formula is C26H30FN7O2. The molecule has 2 aromatic heterocycles. The van der Waals surface area contributed by atoms with Crippen LogP contribution < -0.4 is 5.32 Å². The second kappa shape index (κ2) is 9.33. The summed E-state index contributed by atoms with van der Waals surface area (Å²) in [5.74, 6) is 1.66. The minimum Gasteiger partial charge on any atom is -0.379 e. The quantitative estimate of drug-likeness (QED) is 0.517. The Morgan fingerprint density at radius 3 is 2.75 bits per heavy atom. The van der Waals surface area contributed by atoms with Crippen LogP contribution in [0.25, 0.3) is 0 Å². The summed E-state index contributed by atoms with van der Waals surface area (Å²) in [6.07, 6.45) is 4.24. The molecule has 36 heavy (non-hydrogen) atoms. The standard InChI is InChI=1S/C26H30FN7O2/c1-33-16-28-32-23(33)11-26(14-36-15-26)18-3-2-4-20(9-18)30-25(35)22-10-21(13-34-8-7-19(27)12-34)29-24(31-22)17-5-6-17/h2-4,9-10,16-17,19H,5-8,11-15H2,1H3,(H,30,35)/t19-/m0/s1. The van der Waals surface area contributed by atoms with Crippen LogP contribution in [0.5, 0.6) is 0 Å². The van der Waals surface area contributed by atoms with Crippen LogP contribution in [-0.4, -0.2) is 68.0 Å². The predicted octanol–water partition coefficient (Wildman–Crippen LogP) is 2.79. The zero-order valence-corrected chi connectivity index (χ0v) is 20.4. The SMILES string of the molecule is Cn1cnnc1CC1(c2cccc(NC(=O)c3cc(CN4CC[C@H](F)C4)nc(C4CC4)n3)c2)COC1. The highest BCUT2D eigenvalue weighted by Crippen LogP contribution is 2.38. The molecule has 0 radical (unpaired) electrons. The van der Waals surface area contributed by atoms with Crippen molar-refractivity contribution in [3.05, 3.63) is 65.3 Å². The van der Waals surface area contributed by atoms with Crippen molar-refractivity contribution in [2.24, 2.45) is 7.05 Å². The van der Waals surface area contributed by atoms with E-state index in [-0.39, 0.29) is 11.3 Å². The molecule has 9 nitrogen and oxygen atoms in total. The van der Waals surface area contributed by atoms with Gasteiger partial charge in [-0.25, -0.2) is 14.4 Å². The van der Waals surface area contributed by atoms with Crippen LogP contribution in [0.3, 0.4) is 0 Å². The number of halogens is 1. The van der Waals surface area contributed by atoms with E-state index in [1.54, 1.807) is 12.4 Å². The summed E-state index contributed by atoms with van der Waals surface area (Å²) in [4.78, 5) is 24.6. The summed E-state index contributed by atoms with van der Waals surface area (Å²) < 4.78 is 21.2. The first-order chi connectivity index (χ1) is 17.5. The molecule has 10 heteroatoms. The van der Waals surface area contributed by atoms with Crippen molar-refractivity contribution in [1.29, 1.82) is 0 Å². The third kappa shape index (κ3) is 4.75. The molecule has 188 valence electrons. The molecule has 3 aliphatic rings. The lowest BCUT2D eigenvalue weighted by atomic mass is 9.75. The van der Waals surface area contributed by atoms with Crippen molar-refractivity contribution in [1.82, 2.24) is 29.6 Å². The number of nitrogens with one attached hydrogen (secondary N) is 1. The summed E-state index contributed by atoms with van der Waals surface area (Å²) >= 11 is 0. The van der Waals surface area contributed by atoms with Crippen LogP contribution >= 0.6 is 0 Å². The Labute approximate surface area is 209 Å². The Kier molecular flexibility index (Phi) is 6.00. The minimum absolute atomic E-state index is 0.202. The van der Waals surface area contributed by atoms with Crippen molar-refractivity contribution in [2.75, 3.05) is 31.6 Å². The summed E-state index contributed by atoms with van der Waals surface area (Å²) in [7, 11) is 1.94. The lowest BCUT2D eigenvalue weighted by molar-refractivity contribution is -0.0610. The molecule has 6 rings (SSSR count). The number of hydrogen-bond donors (Lipinski definition) is 1. The maximum Gasteiger partial charge on any atom is 0.274 e. The number of carbonyl (C=O) groups excluding carboxylic acids is 1. The largest absolute Gasteiger partial charge is 0.379 e. The van der Waals surface area contributed by atoms with Crippen molar-refractivity contribution in [3.8, 4) is 0 Å². The van der Waals surface area contributed by atoms with E-state index in [1.807, 2.05) is 34.7 Å². The van der Waals surface area contributed by atoms with E-state index in [4.69, 9.17) is 9.72 Å². The van der Waals surface area contributed by atoms with Gasteiger partial charge in [-0.3, -0.25) is 9.69 Å². The van der Waals surface area contributed by atoms with Crippen LogP contribution in [0.15, 0.2) is 36.7 Å². The maximum absolute atomic E-state index is 13.7. The van der Waals surface area contributed by atoms with E-state index < -0.39 is 6.17 Å². The first-order valence-corrected chi connectivity index (χ1v) is 12.5. The molecule has 1 amide bonds. The van der Waals surface area contributed by atoms with E-state index in [0.717, 1.165) is 35.7 Å². The number of alkyl halides is 1. The maximum atomic E-state index is 13.7. The fourth-order valence-electron chi connectivity index (χ4n) is 5.01. The van der Waals surface area contributed by atoms with Gasteiger partial charge in [0.15, 0.2) is 0 Å². The molecule has 2 saturated heterocycles. The molecule has 1 saturated carbocycles. The third-order valence-electron chi connectivity index (χ3n) is 7.36. The lowest BCUT2D eigenvalue weighted by Gasteiger charge is -2.41. The molecule has 2 aliphatic heterocycles. The average Bonchev–Trinajstić information content (AvgIpc) is 3.51. The van der Waals surface area contributed by atoms with Gasteiger partial charge in [-0.15, -0.1) is 10.2 Å². The molecular weight excluding hydrogens is 461 g/mol. The molecule has 3 fully saturated rings. The zero-order valence-electron chi connectivity index (χ0n) is 20.4. The molecule has 1 aromatic carbocycles. The first kappa shape index (κ1) is 23.2. The lowest BCUT2D eigenvalue weighted by Crippen LogP contribution is -2.49. The van der Waals surface area contributed by atoms with Crippen LogP contribution in [0.2, 0.25) is 0 Å². The smallest absolute Gasteiger partial charge is 0.274 e. The van der Waals surface area contributed by atoms with E-state index >= 15 is 0 Å². The topological polar surface area (TPSA) is 98.1 Å². The van der Waals surface area contributed by atoms with Gasteiger partial charge in [0, 0.05) is 50.1 Å². The van der Waals surface area contributed by atoms with Crippen molar-refractivity contribution in [2.45, 2.75) is 49.7 Å². The monoisotopic (exact) mass is 491 g/mol. The number of carbonyl (C=O) groups is 1. The highest BCUT2D eigenvalue weighted by Gasteiger charge is 2.42. The summed E-state index contributed by atoms with van der Waals surface area (Å²) in [5.41, 5.74) is 2.71. The Morgan fingerprint density at radius 1 is 1.22 bits per heavy atom. The highest BCUT2D eigenvalue weighted by atomic mass is 19.1.